The molecule has 8 nitrogen and oxygen atoms in total. The van der Waals surface area contributed by atoms with E-state index in [2.05, 4.69) is 5.32 Å². The summed E-state index contributed by atoms with van der Waals surface area (Å²) < 4.78 is 0. The highest BCUT2D eigenvalue weighted by atomic mass is 35.5. The smallest absolute Gasteiger partial charge is 0.269 e. The van der Waals surface area contributed by atoms with Crippen LogP contribution >= 0.6 is 11.6 Å². The van der Waals surface area contributed by atoms with Crippen LogP contribution in [0.3, 0.4) is 0 Å². The van der Waals surface area contributed by atoms with Crippen molar-refractivity contribution in [1.29, 1.82) is 0 Å². The number of rotatable bonds is 5. The molecule has 0 aromatic heterocycles. The third kappa shape index (κ3) is 3.79. The monoisotopic (exact) mass is 589 g/mol. The van der Waals surface area contributed by atoms with Crippen molar-refractivity contribution in [1.82, 2.24) is 0 Å². The zero-order valence-corrected chi connectivity index (χ0v) is 23.6. The number of Topliss-reactive ketones (excluding diaryl/α,β-unsaturated/α-hetero) is 2. The van der Waals surface area contributed by atoms with Crippen molar-refractivity contribution >= 4 is 51.7 Å². The average Bonchev–Trinajstić information content (AvgIpc) is 3.49. The van der Waals surface area contributed by atoms with Crippen LogP contribution in [-0.4, -0.2) is 34.5 Å². The number of allylic oxidation sites excluding steroid dienone is 1. The normalized spacial score (nSPS) is 23.2. The summed E-state index contributed by atoms with van der Waals surface area (Å²) in [4.78, 5) is 56.6. The number of benzene rings is 4. The van der Waals surface area contributed by atoms with E-state index in [4.69, 9.17) is 11.6 Å². The summed E-state index contributed by atoms with van der Waals surface area (Å²) in [6, 6.07) is 24.9. The minimum Gasteiger partial charge on any atom is -0.352 e. The van der Waals surface area contributed by atoms with Gasteiger partial charge in [-0.1, -0.05) is 54.1 Å². The fourth-order valence-corrected chi connectivity index (χ4v) is 7.23. The molecule has 0 aliphatic carbocycles. The number of ketones is 2. The number of para-hydroxylation sites is 2. The third-order valence-electron chi connectivity index (χ3n) is 8.93. The molecule has 7 rings (SSSR count). The summed E-state index contributed by atoms with van der Waals surface area (Å²) in [7, 11) is 0. The SMILES string of the molecule is CC1=C[C@@H]2N(c3ccccc31)[C@@H](C(=O)c1ccc([N+](=O)[O-])cc1)[C@@H](C(=O)c1ccc(Cl)cc1)[C@]21C(=O)Nc2ccccc21. The molecule has 1 N–H and O–H groups in total. The topological polar surface area (TPSA) is 110 Å². The number of non-ortho nitro benzene ring substituents is 1. The molecule has 0 saturated carbocycles. The van der Waals surface area contributed by atoms with Gasteiger partial charge in [-0.3, -0.25) is 24.5 Å². The second-order valence-electron chi connectivity index (χ2n) is 11.0. The maximum Gasteiger partial charge on any atom is 0.269 e. The van der Waals surface area contributed by atoms with E-state index in [0.717, 1.165) is 16.8 Å². The number of carbonyl (C=O) groups excluding carboxylic acids is 3. The van der Waals surface area contributed by atoms with Crippen LogP contribution < -0.4 is 10.2 Å². The second-order valence-corrected chi connectivity index (χ2v) is 11.5. The number of nitro benzene ring substituents is 1. The van der Waals surface area contributed by atoms with Gasteiger partial charge in [0.2, 0.25) is 5.91 Å². The Morgan fingerprint density at radius 3 is 2.23 bits per heavy atom. The van der Waals surface area contributed by atoms with Crippen LogP contribution in [0.25, 0.3) is 5.57 Å². The fraction of sp³-hybridized carbons (Fsp3) is 0.147. The number of nitrogens with zero attached hydrogens (tertiary/aromatic N) is 2. The number of fused-ring (bicyclic) bond motifs is 6. The van der Waals surface area contributed by atoms with Gasteiger partial charge in [0, 0.05) is 45.2 Å². The molecule has 4 atom stereocenters. The largest absolute Gasteiger partial charge is 0.352 e. The molecule has 4 aromatic rings. The van der Waals surface area contributed by atoms with E-state index in [9.17, 15) is 24.5 Å². The van der Waals surface area contributed by atoms with Gasteiger partial charge in [0.25, 0.3) is 5.69 Å². The van der Waals surface area contributed by atoms with Gasteiger partial charge in [0.05, 0.1) is 16.9 Å². The van der Waals surface area contributed by atoms with Crippen LogP contribution in [0, 0.1) is 16.0 Å². The van der Waals surface area contributed by atoms with Crippen LogP contribution in [0.4, 0.5) is 17.1 Å². The van der Waals surface area contributed by atoms with Crippen molar-refractivity contribution in [2.45, 2.75) is 24.4 Å². The van der Waals surface area contributed by atoms with E-state index in [1.807, 2.05) is 60.4 Å². The van der Waals surface area contributed by atoms with Gasteiger partial charge < -0.3 is 10.2 Å². The Balaban J connectivity index is 1.53. The molecule has 1 fully saturated rings. The summed E-state index contributed by atoms with van der Waals surface area (Å²) >= 11 is 6.16. The molecule has 43 heavy (non-hydrogen) atoms. The first-order valence-electron chi connectivity index (χ1n) is 13.8. The maximum absolute atomic E-state index is 14.8. The van der Waals surface area contributed by atoms with Gasteiger partial charge in [-0.25, -0.2) is 0 Å². The van der Waals surface area contributed by atoms with Gasteiger partial charge in [0.15, 0.2) is 11.6 Å². The summed E-state index contributed by atoms with van der Waals surface area (Å²) in [6.45, 7) is 1.96. The highest BCUT2D eigenvalue weighted by Crippen LogP contribution is 2.58. The van der Waals surface area contributed by atoms with Gasteiger partial charge in [-0.15, -0.1) is 0 Å². The fourth-order valence-electron chi connectivity index (χ4n) is 7.10. The summed E-state index contributed by atoms with van der Waals surface area (Å²) in [5.74, 6) is -2.30. The highest BCUT2D eigenvalue weighted by Gasteiger charge is 2.70. The molecule has 212 valence electrons. The molecular weight excluding hydrogens is 566 g/mol. The van der Waals surface area contributed by atoms with Crippen molar-refractivity contribution in [3.05, 3.63) is 141 Å². The van der Waals surface area contributed by atoms with E-state index in [-0.39, 0.29) is 22.9 Å². The van der Waals surface area contributed by atoms with Crippen molar-refractivity contribution in [3.8, 4) is 0 Å². The Morgan fingerprint density at radius 1 is 0.884 bits per heavy atom. The Morgan fingerprint density at radius 2 is 1.51 bits per heavy atom. The minimum absolute atomic E-state index is 0.155. The Kier molecular flexibility index (Phi) is 6.07. The van der Waals surface area contributed by atoms with Crippen LogP contribution in [0.1, 0.15) is 38.8 Å². The summed E-state index contributed by atoms with van der Waals surface area (Å²) in [6.07, 6.45) is 1.98. The first-order valence-corrected chi connectivity index (χ1v) is 14.2. The predicted molar refractivity (Wildman–Crippen MR) is 164 cm³/mol. The average molecular weight is 590 g/mol. The summed E-state index contributed by atoms with van der Waals surface area (Å²) in [5.41, 5.74) is 2.70. The van der Waals surface area contributed by atoms with Gasteiger partial charge >= 0.3 is 0 Å². The molecule has 0 bridgehead atoms. The molecule has 9 heteroatoms. The van der Waals surface area contributed by atoms with Crippen molar-refractivity contribution < 1.29 is 19.3 Å². The van der Waals surface area contributed by atoms with E-state index < -0.39 is 34.1 Å². The minimum atomic E-state index is -1.46. The zero-order valence-electron chi connectivity index (χ0n) is 22.9. The molecule has 0 radical (unpaired) electrons. The van der Waals surface area contributed by atoms with Gasteiger partial charge in [0.1, 0.15) is 11.5 Å². The van der Waals surface area contributed by atoms with E-state index in [0.29, 0.717) is 21.8 Å². The number of hydrogen-bond donors (Lipinski definition) is 1. The third-order valence-corrected chi connectivity index (χ3v) is 9.18. The Labute approximate surface area is 251 Å². The molecule has 0 unspecified atom stereocenters. The van der Waals surface area contributed by atoms with Crippen molar-refractivity contribution in [3.63, 3.8) is 0 Å². The maximum atomic E-state index is 14.8. The standard InChI is InChI=1S/C34H24ClN3O5/c1-19-18-28-34(25-7-3-4-8-26(25)36-33(34)41)29(31(39)20-10-14-22(35)15-11-20)30(37(28)27-9-5-2-6-24(19)27)32(40)21-12-16-23(17-13-21)38(42)43/h2-18,28-30H,1H3,(H,36,41)/t28-,29-,30+,34+/m0/s1. The lowest BCUT2D eigenvalue weighted by Crippen LogP contribution is -2.51. The molecule has 3 heterocycles. The zero-order chi connectivity index (χ0) is 30.0. The van der Waals surface area contributed by atoms with Gasteiger partial charge in [-0.2, -0.15) is 0 Å². The number of nitro groups is 1. The molecule has 1 spiro atoms. The van der Waals surface area contributed by atoms with Crippen LogP contribution in [0.2, 0.25) is 5.02 Å². The van der Waals surface area contributed by atoms with Crippen LogP contribution in [-0.2, 0) is 10.2 Å². The molecule has 1 amide bonds. The first-order chi connectivity index (χ1) is 20.7. The Hall–Kier alpha value is -5.08. The molecule has 3 aliphatic rings. The lowest BCUT2D eigenvalue weighted by molar-refractivity contribution is -0.384. The number of anilines is 2. The second kappa shape index (κ2) is 9.74. The van der Waals surface area contributed by atoms with Crippen molar-refractivity contribution in [2.75, 3.05) is 10.2 Å². The van der Waals surface area contributed by atoms with E-state index >= 15 is 0 Å². The number of amides is 1. The van der Waals surface area contributed by atoms with Gasteiger partial charge in [-0.05, 0) is 66.6 Å². The number of halogens is 1. The molecule has 1 saturated heterocycles. The summed E-state index contributed by atoms with van der Waals surface area (Å²) in [5, 5.41) is 14.8. The molecular formula is C34H24ClN3O5. The van der Waals surface area contributed by atoms with E-state index in [1.54, 1.807) is 30.3 Å². The predicted octanol–water partition coefficient (Wildman–Crippen LogP) is 6.49. The van der Waals surface area contributed by atoms with Crippen LogP contribution in [0.5, 0.6) is 0 Å². The quantitative estimate of drug-likeness (QED) is 0.162. The lowest BCUT2D eigenvalue weighted by atomic mass is 9.64. The molecule has 4 aromatic carbocycles. The van der Waals surface area contributed by atoms with E-state index in [1.165, 1.54) is 24.3 Å². The highest BCUT2D eigenvalue weighted by molar-refractivity contribution is 6.30. The number of nitrogens with one attached hydrogen (secondary N) is 1. The first kappa shape index (κ1) is 26.8. The number of carbonyl (C=O) groups is 3. The molecule has 3 aliphatic heterocycles. The van der Waals surface area contributed by atoms with Crippen molar-refractivity contribution in [2.24, 2.45) is 5.92 Å². The Bertz CT molecular complexity index is 1880. The lowest BCUT2D eigenvalue weighted by Gasteiger charge is -2.39. The van der Waals surface area contributed by atoms with Crippen LogP contribution in [0.15, 0.2) is 103 Å². The number of hydrogen-bond acceptors (Lipinski definition) is 6.